The Morgan fingerprint density at radius 2 is 2.22 bits per heavy atom. The number of nitrogens with zero attached hydrogens (tertiary/aromatic N) is 3. The second-order valence-corrected chi connectivity index (χ2v) is 6.63. The van der Waals surface area contributed by atoms with E-state index in [1.165, 1.54) is 0 Å². The summed E-state index contributed by atoms with van der Waals surface area (Å²) in [6, 6.07) is 7.89. The molecule has 0 aliphatic carbocycles. The van der Waals surface area contributed by atoms with E-state index in [2.05, 4.69) is 21.3 Å². The average Bonchev–Trinajstić information content (AvgIpc) is 2.99. The van der Waals surface area contributed by atoms with Gasteiger partial charge in [-0.15, -0.1) is 16.8 Å². The van der Waals surface area contributed by atoms with Gasteiger partial charge >= 0.3 is 0 Å². The maximum Gasteiger partial charge on any atom is 0.192 e. The van der Waals surface area contributed by atoms with E-state index in [1.807, 2.05) is 30.3 Å². The van der Waals surface area contributed by atoms with Gasteiger partial charge in [-0.1, -0.05) is 30.0 Å². The first kappa shape index (κ1) is 16.1. The van der Waals surface area contributed by atoms with E-state index in [-0.39, 0.29) is 0 Å². The van der Waals surface area contributed by atoms with E-state index in [1.54, 1.807) is 18.9 Å². The van der Waals surface area contributed by atoms with Crippen molar-refractivity contribution in [3.05, 3.63) is 36.9 Å². The Morgan fingerprint density at radius 3 is 2.96 bits per heavy atom. The molecule has 0 N–H and O–H groups in total. The number of methoxy groups -OCH3 is 1. The van der Waals surface area contributed by atoms with Gasteiger partial charge in [0.25, 0.3) is 0 Å². The molecule has 3 rings (SSSR count). The lowest BCUT2D eigenvalue weighted by molar-refractivity contribution is 0.0999. The van der Waals surface area contributed by atoms with Gasteiger partial charge in [0.05, 0.1) is 7.11 Å². The van der Waals surface area contributed by atoms with Gasteiger partial charge in [0.1, 0.15) is 5.75 Å². The van der Waals surface area contributed by atoms with Crippen molar-refractivity contribution in [1.29, 1.82) is 0 Å². The molecule has 1 fully saturated rings. The molecule has 0 bridgehead atoms. The summed E-state index contributed by atoms with van der Waals surface area (Å²) in [7, 11) is 1.67. The molecule has 0 saturated carbocycles. The highest BCUT2D eigenvalue weighted by atomic mass is 32.2. The topological polar surface area (TPSA) is 49.2 Å². The Bertz CT molecular complexity index is 666. The minimum Gasteiger partial charge on any atom is -0.497 e. The fourth-order valence-corrected chi connectivity index (χ4v) is 3.69. The monoisotopic (exact) mass is 331 g/mol. The molecule has 1 aromatic heterocycles. The van der Waals surface area contributed by atoms with E-state index >= 15 is 0 Å². The van der Waals surface area contributed by atoms with Gasteiger partial charge in [-0.3, -0.25) is 4.57 Å². The van der Waals surface area contributed by atoms with Crippen LogP contribution < -0.4 is 4.74 Å². The van der Waals surface area contributed by atoms with Gasteiger partial charge < -0.3 is 9.47 Å². The smallest absolute Gasteiger partial charge is 0.192 e. The Hall–Kier alpha value is -1.79. The van der Waals surface area contributed by atoms with E-state index in [4.69, 9.17) is 9.47 Å². The van der Waals surface area contributed by atoms with Crippen molar-refractivity contribution in [2.45, 2.75) is 29.8 Å². The zero-order chi connectivity index (χ0) is 16.1. The summed E-state index contributed by atoms with van der Waals surface area (Å²) < 4.78 is 12.8. The first-order chi connectivity index (χ1) is 11.3. The van der Waals surface area contributed by atoms with Crippen LogP contribution in [0.15, 0.2) is 42.1 Å². The van der Waals surface area contributed by atoms with Gasteiger partial charge in [-0.2, -0.15) is 0 Å². The summed E-state index contributed by atoms with van der Waals surface area (Å²) >= 11 is 1.79. The molecule has 5 nitrogen and oxygen atoms in total. The van der Waals surface area contributed by atoms with Gasteiger partial charge in [0, 0.05) is 30.6 Å². The van der Waals surface area contributed by atoms with E-state index in [9.17, 15) is 0 Å². The fourth-order valence-electron chi connectivity index (χ4n) is 2.59. The molecule has 1 aromatic carbocycles. The first-order valence-corrected chi connectivity index (χ1v) is 8.62. The van der Waals surface area contributed by atoms with Gasteiger partial charge in [-0.25, -0.2) is 0 Å². The lowest BCUT2D eigenvalue weighted by Crippen LogP contribution is -2.18. The quantitative estimate of drug-likeness (QED) is 0.759. The number of ether oxygens (including phenoxy) is 2. The Morgan fingerprint density at radius 1 is 1.39 bits per heavy atom. The minimum atomic E-state index is 0.537. The van der Waals surface area contributed by atoms with Crippen LogP contribution in [0.2, 0.25) is 0 Å². The van der Waals surface area contributed by atoms with Crippen LogP contribution in [-0.4, -0.2) is 40.3 Å². The van der Waals surface area contributed by atoms with Crippen LogP contribution in [0, 0.1) is 0 Å². The Labute approximate surface area is 140 Å². The third kappa shape index (κ3) is 3.76. The molecule has 1 aliphatic heterocycles. The highest BCUT2D eigenvalue weighted by Gasteiger charge is 2.20. The third-order valence-corrected chi connectivity index (χ3v) is 5.11. The van der Waals surface area contributed by atoms with Crippen molar-refractivity contribution < 1.29 is 9.47 Å². The molecule has 0 amide bonds. The molecule has 0 spiro atoms. The largest absolute Gasteiger partial charge is 0.497 e. The van der Waals surface area contributed by atoms with E-state index < -0.39 is 0 Å². The van der Waals surface area contributed by atoms with Crippen LogP contribution in [0.3, 0.4) is 0 Å². The Kier molecular flexibility index (Phi) is 5.35. The van der Waals surface area contributed by atoms with Crippen molar-refractivity contribution in [2.24, 2.45) is 0 Å². The lowest BCUT2D eigenvalue weighted by atomic mass is 10.2. The van der Waals surface area contributed by atoms with Crippen molar-refractivity contribution in [2.75, 3.05) is 20.3 Å². The number of hydrogen-bond acceptors (Lipinski definition) is 5. The van der Waals surface area contributed by atoms with Gasteiger partial charge in [0.2, 0.25) is 0 Å². The SMILES string of the molecule is C=CCn1c(SC2CCOCC2)nnc1-c1cccc(OC)c1. The summed E-state index contributed by atoms with van der Waals surface area (Å²) in [5.41, 5.74) is 0.998. The predicted octanol–water partition coefficient (Wildman–Crippen LogP) is 3.41. The van der Waals surface area contributed by atoms with Crippen molar-refractivity contribution >= 4 is 11.8 Å². The van der Waals surface area contributed by atoms with Crippen LogP contribution in [0.5, 0.6) is 5.75 Å². The number of thioether (sulfide) groups is 1. The number of benzene rings is 1. The molecule has 2 heterocycles. The second kappa shape index (κ2) is 7.66. The zero-order valence-corrected chi connectivity index (χ0v) is 14.1. The summed E-state index contributed by atoms with van der Waals surface area (Å²) in [5.74, 6) is 1.66. The molecule has 2 aromatic rings. The molecule has 23 heavy (non-hydrogen) atoms. The zero-order valence-electron chi connectivity index (χ0n) is 13.3. The molecule has 6 heteroatoms. The lowest BCUT2D eigenvalue weighted by Gasteiger charge is -2.21. The molecular formula is C17H21N3O2S. The van der Waals surface area contributed by atoms with Gasteiger partial charge in [-0.05, 0) is 25.0 Å². The van der Waals surface area contributed by atoms with Crippen molar-refractivity contribution in [3.8, 4) is 17.1 Å². The van der Waals surface area contributed by atoms with Crippen LogP contribution in [0.25, 0.3) is 11.4 Å². The first-order valence-electron chi connectivity index (χ1n) is 7.74. The average molecular weight is 331 g/mol. The van der Waals surface area contributed by atoms with Crippen LogP contribution in [0.4, 0.5) is 0 Å². The summed E-state index contributed by atoms with van der Waals surface area (Å²) in [4.78, 5) is 0. The number of aromatic nitrogens is 3. The van der Waals surface area contributed by atoms with Crippen LogP contribution in [-0.2, 0) is 11.3 Å². The molecule has 122 valence electrons. The molecule has 1 aliphatic rings. The fraction of sp³-hybridized carbons (Fsp3) is 0.412. The molecule has 0 unspecified atom stereocenters. The number of rotatable bonds is 6. The molecule has 0 atom stereocenters. The van der Waals surface area contributed by atoms with E-state index in [0.717, 1.165) is 48.3 Å². The standard InChI is InChI=1S/C17H21N3O2S/c1-3-9-20-16(13-5-4-6-14(12-13)21-2)18-19-17(20)23-15-7-10-22-11-8-15/h3-6,12,15H,1,7-11H2,2H3. The summed E-state index contributed by atoms with van der Waals surface area (Å²) in [6.07, 6.45) is 3.99. The van der Waals surface area contributed by atoms with Crippen molar-refractivity contribution in [3.63, 3.8) is 0 Å². The Balaban J connectivity index is 1.89. The molecule has 0 radical (unpaired) electrons. The third-order valence-electron chi connectivity index (χ3n) is 3.80. The predicted molar refractivity (Wildman–Crippen MR) is 91.9 cm³/mol. The van der Waals surface area contributed by atoms with Crippen molar-refractivity contribution in [1.82, 2.24) is 14.8 Å². The minimum absolute atomic E-state index is 0.537. The maximum absolute atomic E-state index is 5.43. The van der Waals surface area contributed by atoms with Crippen LogP contribution >= 0.6 is 11.8 Å². The normalized spacial score (nSPS) is 15.5. The number of hydrogen-bond donors (Lipinski definition) is 0. The molecular weight excluding hydrogens is 310 g/mol. The van der Waals surface area contributed by atoms with E-state index in [0.29, 0.717) is 11.8 Å². The summed E-state index contributed by atoms with van der Waals surface area (Å²) in [5, 5.41) is 10.3. The number of allylic oxidation sites excluding steroid dienone is 1. The second-order valence-electron chi connectivity index (χ2n) is 5.37. The summed E-state index contributed by atoms with van der Waals surface area (Å²) in [6.45, 7) is 6.21. The molecule has 1 saturated heterocycles. The van der Waals surface area contributed by atoms with Gasteiger partial charge in [0.15, 0.2) is 11.0 Å². The highest BCUT2D eigenvalue weighted by molar-refractivity contribution is 7.99. The maximum atomic E-state index is 5.43. The van der Waals surface area contributed by atoms with Crippen LogP contribution in [0.1, 0.15) is 12.8 Å². The highest BCUT2D eigenvalue weighted by Crippen LogP contribution is 2.31.